The van der Waals surface area contributed by atoms with Crippen LogP contribution in [-0.2, 0) is 16.4 Å². The molecule has 0 saturated carbocycles. The van der Waals surface area contributed by atoms with E-state index in [1.807, 2.05) is 19.1 Å². The summed E-state index contributed by atoms with van der Waals surface area (Å²) in [7, 11) is -4.10. The average molecular weight is 476 g/mol. The first-order chi connectivity index (χ1) is 15.0. The van der Waals surface area contributed by atoms with E-state index in [2.05, 4.69) is 20.2 Å². The van der Waals surface area contributed by atoms with E-state index in [1.165, 1.54) is 24.3 Å². The van der Waals surface area contributed by atoms with Crippen LogP contribution in [0.2, 0.25) is 5.15 Å². The highest BCUT2D eigenvalue weighted by atomic mass is 35.5. The van der Waals surface area contributed by atoms with Crippen molar-refractivity contribution >= 4 is 21.4 Å². The molecule has 0 atom stereocenters. The van der Waals surface area contributed by atoms with Crippen LogP contribution in [0.3, 0.4) is 0 Å². The number of alkyl halides is 1. The van der Waals surface area contributed by atoms with Crippen LogP contribution >= 0.6 is 11.6 Å². The minimum absolute atomic E-state index is 0.122. The number of hydrogen-bond donors (Lipinski definition) is 0. The van der Waals surface area contributed by atoms with Gasteiger partial charge in [0, 0.05) is 17.5 Å². The van der Waals surface area contributed by atoms with E-state index in [9.17, 15) is 12.8 Å². The molecule has 0 bridgehead atoms. The Balaban J connectivity index is 1.56. The Hall–Kier alpha value is -3.11. The summed E-state index contributed by atoms with van der Waals surface area (Å²) in [5.41, 5.74) is 2.85. The van der Waals surface area contributed by atoms with Crippen molar-refractivity contribution in [3.63, 3.8) is 0 Å². The highest BCUT2D eigenvalue weighted by molar-refractivity contribution is 7.92. The highest BCUT2D eigenvalue weighted by Gasteiger charge is 2.35. The van der Waals surface area contributed by atoms with Gasteiger partial charge in [0.05, 0.1) is 11.4 Å². The second-order valence-electron chi connectivity index (χ2n) is 7.63. The fraction of sp³-hybridized carbons (Fsp3) is 0.238. The van der Waals surface area contributed by atoms with Gasteiger partial charge in [-0.15, -0.1) is 0 Å². The number of benzene rings is 1. The van der Waals surface area contributed by atoms with Gasteiger partial charge in [0.15, 0.2) is 5.69 Å². The summed E-state index contributed by atoms with van der Waals surface area (Å²) in [6.45, 7) is 4.42. The Morgan fingerprint density at radius 3 is 2.50 bits per heavy atom. The lowest BCUT2D eigenvalue weighted by atomic mass is 10.2. The minimum Gasteiger partial charge on any atom is -0.332 e. The normalized spacial score (nSPS) is 12.3. The summed E-state index contributed by atoms with van der Waals surface area (Å²) in [4.78, 5) is 8.30. The Labute approximate surface area is 189 Å². The zero-order chi connectivity index (χ0) is 23.1. The molecule has 0 radical (unpaired) electrons. The van der Waals surface area contributed by atoms with Crippen molar-refractivity contribution in [3.05, 3.63) is 65.1 Å². The Bertz CT molecular complexity index is 1360. The first-order valence-electron chi connectivity index (χ1n) is 9.57. The first kappa shape index (κ1) is 22.1. The van der Waals surface area contributed by atoms with Gasteiger partial charge in [-0.25, -0.2) is 17.8 Å². The molecular weight excluding hydrogens is 457 g/mol. The van der Waals surface area contributed by atoms with Crippen molar-refractivity contribution < 1.29 is 17.3 Å². The summed E-state index contributed by atoms with van der Waals surface area (Å²) in [5, 5.41) is 6.51. The molecule has 0 N–H and O–H groups in total. The lowest BCUT2D eigenvalue weighted by Gasteiger charge is -2.15. The fourth-order valence-corrected chi connectivity index (χ4v) is 4.12. The summed E-state index contributed by atoms with van der Waals surface area (Å²) >= 11 is 5.83. The SMILES string of the molecule is Cc1cc(-c2nc(-c3ccc(S(=O)(=O)C(C)(C)F)cc3)no2)nn1Cc1ccc(Cl)nc1. The molecule has 0 fully saturated rings. The molecule has 0 amide bonds. The van der Waals surface area contributed by atoms with Gasteiger partial charge in [-0.3, -0.25) is 4.68 Å². The van der Waals surface area contributed by atoms with Crippen LogP contribution in [0.15, 0.2) is 58.1 Å². The van der Waals surface area contributed by atoms with Crippen molar-refractivity contribution in [1.82, 2.24) is 24.9 Å². The smallest absolute Gasteiger partial charge is 0.278 e. The lowest BCUT2D eigenvalue weighted by molar-refractivity contribution is 0.319. The summed E-state index contributed by atoms with van der Waals surface area (Å²) in [5.74, 6) is 0.482. The quantitative estimate of drug-likeness (QED) is 0.378. The molecule has 4 rings (SSSR count). The van der Waals surface area contributed by atoms with Crippen LogP contribution in [0.25, 0.3) is 23.0 Å². The molecule has 0 unspecified atom stereocenters. The molecule has 4 aromatic rings. The third-order valence-electron chi connectivity index (χ3n) is 4.81. The van der Waals surface area contributed by atoms with E-state index in [0.717, 1.165) is 25.1 Å². The number of rotatable bonds is 6. The third kappa shape index (κ3) is 4.28. The number of hydrogen-bond acceptors (Lipinski definition) is 7. The maximum atomic E-state index is 14.0. The second kappa shape index (κ2) is 8.10. The van der Waals surface area contributed by atoms with Crippen molar-refractivity contribution in [2.75, 3.05) is 0 Å². The van der Waals surface area contributed by atoms with Gasteiger partial charge >= 0.3 is 0 Å². The van der Waals surface area contributed by atoms with Crippen molar-refractivity contribution in [2.45, 2.75) is 37.2 Å². The van der Waals surface area contributed by atoms with Crippen LogP contribution in [0.4, 0.5) is 4.39 Å². The Kier molecular flexibility index (Phi) is 5.59. The zero-order valence-corrected chi connectivity index (χ0v) is 19.0. The average Bonchev–Trinajstić information content (AvgIpc) is 3.36. The van der Waals surface area contributed by atoms with Crippen LogP contribution in [0.5, 0.6) is 0 Å². The molecule has 11 heteroatoms. The Morgan fingerprint density at radius 2 is 1.88 bits per heavy atom. The summed E-state index contributed by atoms with van der Waals surface area (Å²) < 4.78 is 45.6. The van der Waals surface area contributed by atoms with Gasteiger partial charge in [-0.1, -0.05) is 22.8 Å². The number of sulfone groups is 1. The third-order valence-corrected chi connectivity index (χ3v) is 7.20. The predicted octanol–water partition coefficient (Wildman–Crippen LogP) is 4.48. The van der Waals surface area contributed by atoms with Crippen LogP contribution in [0.1, 0.15) is 25.1 Å². The molecule has 8 nitrogen and oxygen atoms in total. The number of halogens is 2. The van der Waals surface area contributed by atoms with Crippen molar-refractivity contribution in [1.29, 1.82) is 0 Å². The van der Waals surface area contributed by atoms with Gasteiger partial charge in [-0.05, 0) is 62.7 Å². The largest absolute Gasteiger partial charge is 0.332 e. The molecule has 3 heterocycles. The van der Waals surface area contributed by atoms with E-state index in [1.54, 1.807) is 16.9 Å². The summed E-state index contributed by atoms with van der Waals surface area (Å²) in [6.07, 6.45) is 1.68. The first-order valence-corrected chi connectivity index (χ1v) is 11.4. The van der Waals surface area contributed by atoms with Crippen LogP contribution in [0, 0.1) is 6.92 Å². The van der Waals surface area contributed by atoms with Gasteiger partial charge < -0.3 is 4.52 Å². The minimum atomic E-state index is -4.10. The number of nitrogens with zero attached hydrogens (tertiary/aromatic N) is 5. The van der Waals surface area contributed by atoms with E-state index in [4.69, 9.17) is 16.1 Å². The summed E-state index contributed by atoms with van der Waals surface area (Å²) in [6, 6.07) is 11.1. The number of aryl methyl sites for hydroxylation is 1. The van der Waals surface area contributed by atoms with Crippen LogP contribution < -0.4 is 0 Å². The van der Waals surface area contributed by atoms with E-state index >= 15 is 0 Å². The highest BCUT2D eigenvalue weighted by Crippen LogP contribution is 2.29. The predicted molar refractivity (Wildman–Crippen MR) is 116 cm³/mol. The van der Waals surface area contributed by atoms with Crippen LogP contribution in [-0.4, -0.2) is 38.3 Å². The van der Waals surface area contributed by atoms with Gasteiger partial charge in [0.1, 0.15) is 5.15 Å². The van der Waals surface area contributed by atoms with E-state index in [0.29, 0.717) is 23.0 Å². The van der Waals surface area contributed by atoms with Gasteiger partial charge in [-0.2, -0.15) is 10.1 Å². The molecule has 0 aliphatic rings. The lowest BCUT2D eigenvalue weighted by Crippen LogP contribution is -2.26. The number of aromatic nitrogens is 5. The van der Waals surface area contributed by atoms with Gasteiger partial charge in [0.25, 0.3) is 5.89 Å². The van der Waals surface area contributed by atoms with E-state index in [-0.39, 0.29) is 16.6 Å². The van der Waals surface area contributed by atoms with E-state index < -0.39 is 14.8 Å². The molecule has 3 aromatic heterocycles. The maximum absolute atomic E-state index is 14.0. The molecule has 32 heavy (non-hydrogen) atoms. The molecule has 1 aromatic carbocycles. The maximum Gasteiger partial charge on any atom is 0.278 e. The molecular formula is C21H19ClFN5O3S. The Morgan fingerprint density at radius 1 is 1.16 bits per heavy atom. The molecule has 0 aliphatic carbocycles. The second-order valence-corrected chi connectivity index (χ2v) is 10.5. The monoisotopic (exact) mass is 475 g/mol. The van der Waals surface area contributed by atoms with Crippen molar-refractivity contribution in [2.24, 2.45) is 0 Å². The molecule has 0 spiro atoms. The number of pyridine rings is 1. The fourth-order valence-electron chi connectivity index (χ4n) is 2.96. The standard InChI is InChI=1S/C21H19ClFN5O3S/c1-13-10-17(26-28(13)12-14-4-9-18(22)24-11-14)20-25-19(27-31-20)15-5-7-16(8-6-15)32(29,30)21(2,3)23/h4-11H,12H2,1-3H3. The molecule has 0 aliphatic heterocycles. The molecule has 0 saturated heterocycles. The van der Waals surface area contributed by atoms with Gasteiger partial charge in [0.2, 0.25) is 20.7 Å². The topological polar surface area (TPSA) is 104 Å². The van der Waals surface area contributed by atoms with Crippen molar-refractivity contribution in [3.8, 4) is 23.0 Å². The molecule has 166 valence electrons. The zero-order valence-electron chi connectivity index (χ0n) is 17.5.